The lowest BCUT2D eigenvalue weighted by molar-refractivity contribution is -0.122. The number of nitrogens with one attached hydrogen (secondary N) is 2. The molecule has 1 atom stereocenters. The molecule has 0 aliphatic rings. The molecule has 0 aromatic heterocycles. The number of allylic oxidation sites excluding steroid dienone is 1. The summed E-state index contributed by atoms with van der Waals surface area (Å²) in [7, 11) is 0. The van der Waals surface area contributed by atoms with E-state index in [1.807, 2.05) is 13.0 Å². The average Bonchev–Trinajstić information content (AvgIpc) is 2.74. The maximum absolute atomic E-state index is 11.6. The Kier molecular flexibility index (Phi) is 22.4. The second-order valence-electron chi connectivity index (χ2n) is 8.25. The van der Waals surface area contributed by atoms with Gasteiger partial charge in [0.25, 0.3) is 0 Å². The monoisotopic (exact) mass is 460 g/mol. The third-order valence-corrected chi connectivity index (χ3v) is 4.25. The second-order valence-corrected chi connectivity index (χ2v) is 8.25. The lowest BCUT2D eigenvalue weighted by Crippen LogP contribution is -2.27. The van der Waals surface area contributed by atoms with Gasteiger partial charge in [-0.1, -0.05) is 39.8 Å². The number of ether oxygens (including phenoxy) is 5. The van der Waals surface area contributed by atoms with E-state index in [1.165, 1.54) is 0 Å². The summed E-state index contributed by atoms with van der Waals surface area (Å²) >= 11 is 0. The van der Waals surface area contributed by atoms with Crippen LogP contribution in [-0.2, 0) is 28.5 Å². The molecule has 0 saturated carbocycles. The van der Waals surface area contributed by atoms with Crippen molar-refractivity contribution in [3.05, 3.63) is 12.2 Å². The van der Waals surface area contributed by atoms with Crippen molar-refractivity contribution >= 4 is 5.91 Å². The predicted molar refractivity (Wildman–Crippen MR) is 128 cm³/mol. The van der Waals surface area contributed by atoms with Gasteiger partial charge in [0, 0.05) is 32.2 Å². The van der Waals surface area contributed by atoms with Gasteiger partial charge in [-0.15, -0.1) is 0 Å². The van der Waals surface area contributed by atoms with Crippen LogP contribution in [0.15, 0.2) is 12.2 Å². The van der Waals surface area contributed by atoms with E-state index in [1.54, 1.807) is 0 Å². The number of carbonyl (C=O) groups excluding carboxylic acids is 1. The molecule has 0 radical (unpaired) electrons. The molecule has 8 nitrogen and oxygen atoms in total. The largest absolute Gasteiger partial charge is 0.379 e. The quantitative estimate of drug-likeness (QED) is 0.179. The zero-order chi connectivity index (χ0) is 23.9. The third kappa shape index (κ3) is 25.2. The molecular formula is C24H48N2O6. The maximum Gasteiger partial charge on any atom is 0.222 e. The number of rotatable bonds is 23. The maximum atomic E-state index is 11.6. The number of hydrogen-bond acceptors (Lipinski definition) is 7. The Bertz CT molecular complexity index is 446. The first kappa shape index (κ1) is 31.0. The molecule has 32 heavy (non-hydrogen) atoms. The van der Waals surface area contributed by atoms with Crippen LogP contribution in [0.25, 0.3) is 0 Å². The van der Waals surface area contributed by atoms with Crippen molar-refractivity contribution in [1.29, 1.82) is 0 Å². The molecule has 0 rings (SSSR count). The van der Waals surface area contributed by atoms with E-state index in [-0.39, 0.29) is 12.0 Å². The van der Waals surface area contributed by atoms with E-state index < -0.39 is 0 Å². The van der Waals surface area contributed by atoms with Gasteiger partial charge in [-0.3, -0.25) is 4.79 Å². The molecule has 0 aliphatic heterocycles. The van der Waals surface area contributed by atoms with Gasteiger partial charge in [-0.25, -0.2) is 0 Å². The highest BCUT2D eigenvalue weighted by atomic mass is 16.5. The number of amides is 1. The minimum Gasteiger partial charge on any atom is -0.379 e. The standard InChI is InChI=1S/C24H48N2O6/c1-21(2)7-6-10-26-24(27)9-13-29-16-18-31-19-20-32-23(5)8-12-28-15-17-30-14-11-25-22(3)4/h6-7,21-23,25H,8-20H2,1-5H3,(H,26,27)/b7-6+/t23-/m0/s1. The van der Waals surface area contributed by atoms with Crippen molar-refractivity contribution in [3.8, 4) is 0 Å². The minimum atomic E-state index is -0.00263. The van der Waals surface area contributed by atoms with E-state index in [0.717, 1.165) is 13.0 Å². The molecular weight excluding hydrogens is 412 g/mol. The van der Waals surface area contributed by atoms with Crippen LogP contribution in [0.1, 0.15) is 47.5 Å². The highest BCUT2D eigenvalue weighted by molar-refractivity contribution is 5.76. The first-order valence-corrected chi connectivity index (χ1v) is 12.0. The Labute approximate surface area is 195 Å². The molecule has 0 bridgehead atoms. The summed E-state index contributed by atoms with van der Waals surface area (Å²) in [5.41, 5.74) is 0. The molecule has 0 spiro atoms. The van der Waals surface area contributed by atoms with Crippen molar-refractivity contribution in [2.75, 3.05) is 72.6 Å². The van der Waals surface area contributed by atoms with Gasteiger partial charge in [-0.2, -0.15) is 0 Å². The van der Waals surface area contributed by atoms with Gasteiger partial charge < -0.3 is 34.3 Å². The molecule has 8 heteroatoms. The lowest BCUT2D eigenvalue weighted by atomic mass is 10.2. The number of carbonyl (C=O) groups is 1. The third-order valence-electron chi connectivity index (χ3n) is 4.25. The first-order valence-electron chi connectivity index (χ1n) is 12.0. The van der Waals surface area contributed by atoms with Crippen LogP contribution >= 0.6 is 0 Å². The molecule has 0 heterocycles. The Hall–Kier alpha value is -1.03. The van der Waals surface area contributed by atoms with Gasteiger partial charge in [-0.05, 0) is 19.3 Å². The predicted octanol–water partition coefficient (Wildman–Crippen LogP) is 2.56. The zero-order valence-electron chi connectivity index (χ0n) is 21.0. The average molecular weight is 461 g/mol. The Morgan fingerprint density at radius 3 is 2.03 bits per heavy atom. The first-order chi connectivity index (χ1) is 15.4. The van der Waals surface area contributed by atoms with E-state index >= 15 is 0 Å². The van der Waals surface area contributed by atoms with Gasteiger partial charge in [0.2, 0.25) is 5.91 Å². The van der Waals surface area contributed by atoms with Gasteiger partial charge in [0.05, 0.1) is 59.0 Å². The zero-order valence-corrected chi connectivity index (χ0v) is 21.0. The van der Waals surface area contributed by atoms with E-state index in [4.69, 9.17) is 23.7 Å². The van der Waals surface area contributed by atoms with Crippen molar-refractivity contribution < 1.29 is 28.5 Å². The molecule has 0 fully saturated rings. The van der Waals surface area contributed by atoms with E-state index in [2.05, 4.69) is 44.4 Å². The molecule has 1 amide bonds. The van der Waals surface area contributed by atoms with Gasteiger partial charge in [0.1, 0.15) is 0 Å². The smallest absolute Gasteiger partial charge is 0.222 e. The Balaban J connectivity index is 3.29. The summed E-state index contributed by atoms with van der Waals surface area (Å²) in [5.74, 6) is 0.493. The van der Waals surface area contributed by atoms with Crippen molar-refractivity contribution in [2.24, 2.45) is 5.92 Å². The highest BCUT2D eigenvalue weighted by Gasteiger charge is 2.03. The van der Waals surface area contributed by atoms with Crippen LogP contribution in [0, 0.1) is 5.92 Å². The Morgan fingerprint density at radius 2 is 1.38 bits per heavy atom. The summed E-state index contributed by atoms with van der Waals surface area (Å²) in [5, 5.41) is 6.13. The fourth-order valence-corrected chi connectivity index (χ4v) is 2.47. The van der Waals surface area contributed by atoms with Crippen LogP contribution in [0.3, 0.4) is 0 Å². The molecule has 0 saturated heterocycles. The van der Waals surface area contributed by atoms with Crippen LogP contribution in [0.2, 0.25) is 0 Å². The molecule has 0 aliphatic carbocycles. The topological polar surface area (TPSA) is 87.3 Å². The van der Waals surface area contributed by atoms with Crippen LogP contribution in [0.5, 0.6) is 0 Å². The SMILES string of the molecule is CC(C)/C=C/CNC(=O)CCOCCOCCO[C@@H](C)CCOCCOCCNC(C)C. The van der Waals surface area contributed by atoms with Gasteiger partial charge >= 0.3 is 0 Å². The van der Waals surface area contributed by atoms with Crippen molar-refractivity contribution in [1.82, 2.24) is 10.6 Å². The van der Waals surface area contributed by atoms with E-state index in [0.29, 0.717) is 84.4 Å². The fourth-order valence-electron chi connectivity index (χ4n) is 2.47. The normalized spacial score (nSPS) is 12.8. The molecule has 2 N–H and O–H groups in total. The summed E-state index contributed by atoms with van der Waals surface area (Å²) in [6.45, 7) is 16.9. The van der Waals surface area contributed by atoms with Crippen molar-refractivity contribution in [2.45, 2.75) is 59.6 Å². The van der Waals surface area contributed by atoms with Gasteiger partial charge in [0.15, 0.2) is 0 Å². The molecule has 0 unspecified atom stereocenters. The summed E-state index contributed by atoms with van der Waals surface area (Å²) in [6, 6.07) is 0.488. The van der Waals surface area contributed by atoms with Crippen LogP contribution < -0.4 is 10.6 Å². The summed E-state index contributed by atoms with van der Waals surface area (Å²) in [4.78, 5) is 11.6. The summed E-state index contributed by atoms with van der Waals surface area (Å²) in [6.07, 6.45) is 5.36. The minimum absolute atomic E-state index is 0.00263. The molecule has 190 valence electrons. The second kappa shape index (κ2) is 23.1. The fraction of sp³-hybridized carbons (Fsp3) is 0.875. The summed E-state index contributed by atoms with van der Waals surface area (Å²) < 4.78 is 27.7. The van der Waals surface area contributed by atoms with Crippen molar-refractivity contribution in [3.63, 3.8) is 0 Å². The van der Waals surface area contributed by atoms with Crippen LogP contribution in [-0.4, -0.2) is 90.6 Å². The number of hydrogen-bond donors (Lipinski definition) is 2. The Morgan fingerprint density at radius 1 is 0.781 bits per heavy atom. The molecule has 0 aromatic rings. The lowest BCUT2D eigenvalue weighted by Gasteiger charge is -2.13. The van der Waals surface area contributed by atoms with E-state index in [9.17, 15) is 4.79 Å². The highest BCUT2D eigenvalue weighted by Crippen LogP contribution is 1.98. The van der Waals surface area contributed by atoms with Crippen LogP contribution in [0.4, 0.5) is 0 Å². The molecule has 0 aromatic carbocycles.